The van der Waals surface area contributed by atoms with Gasteiger partial charge in [0.05, 0.1) is 19.0 Å². The van der Waals surface area contributed by atoms with E-state index in [1.165, 1.54) is 17.4 Å². The van der Waals surface area contributed by atoms with Crippen molar-refractivity contribution in [1.82, 2.24) is 10.2 Å². The van der Waals surface area contributed by atoms with Gasteiger partial charge in [0.25, 0.3) is 0 Å². The van der Waals surface area contributed by atoms with E-state index in [4.69, 9.17) is 0 Å². The van der Waals surface area contributed by atoms with Gasteiger partial charge < -0.3 is 10.2 Å². The van der Waals surface area contributed by atoms with Crippen molar-refractivity contribution >= 4 is 23.2 Å². The van der Waals surface area contributed by atoms with E-state index in [0.717, 1.165) is 5.56 Å². The highest BCUT2D eigenvalue weighted by Crippen LogP contribution is 2.20. The van der Waals surface area contributed by atoms with Crippen LogP contribution in [0, 0.1) is 6.92 Å². The first-order chi connectivity index (χ1) is 11.0. The Kier molecular flexibility index (Phi) is 5.93. The quantitative estimate of drug-likeness (QED) is 0.883. The fourth-order valence-electron chi connectivity index (χ4n) is 2.38. The van der Waals surface area contributed by atoms with Crippen molar-refractivity contribution in [2.75, 3.05) is 7.05 Å². The summed E-state index contributed by atoms with van der Waals surface area (Å²) in [5.41, 5.74) is 2.15. The molecule has 1 atom stereocenters. The van der Waals surface area contributed by atoms with Gasteiger partial charge in [0.2, 0.25) is 11.8 Å². The SMILES string of the molecule is CC(=O)N[C@@H](CC(=O)N(C)Cc1sccc1C)c1ccccc1. The monoisotopic (exact) mass is 330 g/mol. The predicted molar refractivity (Wildman–Crippen MR) is 93.1 cm³/mol. The standard InChI is InChI=1S/C18H22N2O2S/c1-13-9-10-23-17(13)12-20(3)18(22)11-16(19-14(2)21)15-7-5-4-6-8-15/h4-10,16H,11-12H2,1-3H3,(H,19,21)/t16-/m0/s1. The second-order valence-corrected chi connectivity index (χ2v) is 6.65. The predicted octanol–water partition coefficient (Wildman–Crippen LogP) is 3.28. The molecule has 1 aromatic carbocycles. The summed E-state index contributed by atoms with van der Waals surface area (Å²) in [7, 11) is 1.80. The molecule has 2 rings (SSSR count). The third-order valence-corrected chi connectivity index (χ3v) is 4.74. The van der Waals surface area contributed by atoms with Gasteiger partial charge in [-0.25, -0.2) is 0 Å². The zero-order valence-corrected chi connectivity index (χ0v) is 14.5. The minimum atomic E-state index is -0.298. The van der Waals surface area contributed by atoms with Gasteiger partial charge in [-0.3, -0.25) is 9.59 Å². The van der Waals surface area contributed by atoms with E-state index in [-0.39, 0.29) is 24.3 Å². The summed E-state index contributed by atoms with van der Waals surface area (Å²) in [6.07, 6.45) is 0.254. The molecule has 5 heteroatoms. The molecule has 1 heterocycles. The topological polar surface area (TPSA) is 49.4 Å². The second-order valence-electron chi connectivity index (χ2n) is 5.64. The fourth-order valence-corrected chi connectivity index (χ4v) is 3.34. The first kappa shape index (κ1) is 17.2. The van der Waals surface area contributed by atoms with Gasteiger partial charge in [0.15, 0.2) is 0 Å². The Balaban J connectivity index is 2.05. The van der Waals surface area contributed by atoms with Gasteiger partial charge in [-0.2, -0.15) is 0 Å². The molecular formula is C18H22N2O2S. The lowest BCUT2D eigenvalue weighted by molar-refractivity contribution is -0.131. The average Bonchev–Trinajstić information content (AvgIpc) is 2.92. The van der Waals surface area contributed by atoms with Crippen molar-refractivity contribution in [2.45, 2.75) is 32.9 Å². The van der Waals surface area contributed by atoms with Crippen molar-refractivity contribution in [3.63, 3.8) is 0 Å². The molecule has 2 amide bonds. The summed E-state index contributed by atoms with van der Waals surface area (Å²) in [5, 5.41) is 4.90. The molecule has 0 radical (unpaired) electrons. The molecule has 0 saturated carbocycles. The average molecular weight is 330 g/mol. The summed E-state index contributed by atoms with van der Waals surface area (Å²) in [6.45, 7) is 4.12. The molecule has 0 aliphatic carbocycles. The Labute approximate surface area is 141 Å². The Morgan fingerprint density at radius 2 is 1.91 bits per heavy atom. The smallest absolute Gasteiger partial charge is 0.225 e. The third kappa shape index (κ3) is 4.93. The lowest BCUT2D eigenvalue weighted by Crippen LogP contribution is -2.33. The van der Waals surface area contributed by atoms with Crippen molar-refractivity contribution in [3.8, 4) is 0 Å². The number of nitrogens with zero attached hydrogens (tertiary/aromatic N) is 1. The van der Waals surface area contributed by atoms with Gasteiger partial charge in [0.1, 0.15) is 0 Å². The van der Waals surface area contributed by atoms with Crippen LogP contribution in [0.25, 0.3) is 0 Å². The molecule has 122 valence electrons. The maximum atomic E-state index is 12.5. The normalized spacial score (nSPS) is 11.8. The minimum absolute atomic E-state index is 0.0143. The number of nitrogens with one attached hydrogen (secondary N) is 1. The van der Waals surface area contributed by atoms with Crippen LogP contribution in [0.3, 0.4) is 0 Å². The maximum Gasteiger partial charge on any atom is 0.225 e. The van der Waals surface area contributed by atoms with E-state index in [2.05, 4.69) is 11.4 Å². The van der Waals surface area contributed by atoms with Crippen LogP contribution in [-0.2, 0) is 16.1 Å². The molecule has 0 aliphatic rings. The zero-order chi connectivity index (χ0) is 16.8. The Morgan fingerprint density at radius 3 is 2.48 bits per heavy atom. The van der Waals surface area contributed by atoms with E-state index >= 15 is 0 Å². The number of benzene rings is 1. The molecule has 1 aromatic heterocycles. The second kappa shape index (κ2) is 7.92. The summed E-state index contributed by atoms with van der Waals surface area (Å²) in [4.78, 5) is 26.9. The van der Waals surface area contributed by atoms with Gasteiger partial charge in [-0.15, -0.1) is 11.3 Å². The number of carbonyl (C=O) groups excluding carboxylic acids is 2. The van der Waals surface area contributed by atoms with E-state index in [1.807, 2.05) is 42.6 Å². The molecule has 23 heavy (non-hydrogen) atoms. The Bertz CT molecular complexity index is 667. The minimum Gasteiger partial charge on any atom is -0.349 e. The van der Waals surface area contributed by atoms with Crippen LogP contribution in [0.2, 0.25) is 0 Å². The summed E-state index contributed by atoms with van der Waals surface area (Å²) < 4.78 is 0. The van der Waals surface area contributed by atoms with Crippen LogP contribution < -0.4 is 5.32 Å². The highest BCUT2D eigenvalue weighted by atomic mass is 32.1. The van der Waals surface area contributed by atoms with Crippen LogP contribution >= 0.6 is 11.3 Å². The molecule has 0 saturated heterocycles. The van der Waals surface area contributed by atoms with E-state index in [0.29, 0.717) is 6.54 Å². The van der Waals surface area contributed by atoms with Crippen molar-refractivity contribution in [1.29, 1.82) is 0 Å². The number of hydrogen-bond donors (Lipinski definition) is 1. The number of aryl methyl sites for hydroxylation is 1. The van der Waals surface area contributed by atoms with Crippen molar-refractivity contribution in [2.24, 2.45) is 0 Å². The molecule has 0 spiro atoms. The van der Waals surface area contributed by atoms with Crippen LogP contribution in [0.1, 0.15) is 35.4 Å². The molecular weight excluding hydrogens is 308 g/mol. The number of carbonyl (C=O) groups is 2. The molecule has 2 aromatic rings. The van der Waals surface area contributed by atoms with E-state index < -0.39 is 0 Å². The number of rotatable bonds is 6. The van der Waals surface area contributed by atoms with Crippen LogP contribution in [-0.4, -0.2) is 23.8 Å². The Hall–Kier alpha value is -2.14. The lowest BCUT2D eigenvalue weighted by Gasteiger charge is -2.22. The molecule has 0 aliphatic heterocycles. The summed E-state index contributed by atoms with van der Waals surface area (Å²) in [6, 6.07) is 11.4. The molecule has 4 nitrogen and oxygen atoms in total. The zero-order valence-electron chi connectivity index (χ0n) is 13.7. The van der Waals surface area contributed by atoms with Crippen LogP contribution in [0.5, 0.6) is 0 Å². The first-order valence-corrected chi connectivity index (χ1v) is 8.44. The van der Waals surface area contributed by atoms with Gasteiger partial charge >= 0.3 is 0 Å². The fraction of sp³-hybridized carbons (Fsp3) is 0.333. The van der Waals surface area contributed by atoms with Gasteiger partial charge in [-0.1, -0.05) is 30.3 Å². The number of hydrogen-bond acceptors (Lipinski definition) is 3. The third-order valence-electron chi connectivity index (χ3n) is 3.73. The summed E-state index contributed by atoms with van der Waals surface area (Å²) in [5.74, 6) is -0.121. The summed E-state index contributed by atoms with van der Waals surface area (Å²) >= 11 is 1.66. The van der Waals surface area contributed by atoms with Crippen molar-refractivity contribution in [3.05, 3.63) is 57.8 Å². The van der Waals surface area contributed by atoms with Crippen LogP contribution in [0.4, 0.5) is 0 Å². The van der Waals surface area contributed by atoms with E-state index in [1.54, 1.807) is 23.3 Å². The molecule has 1 N–H and O–H groups in total. The Morgan fingerprint density at radius 1 is 1.22 bits per heavy atom. The number of thiophene rings is 1. The molecule has 0 unspecified atom stereocenters. The van der Waals surface area contributed by atoms with Gasteiger partial charge in [-0.05, 0) is 29.5 Å². The highest BCUT2D eigenvalue weighted by molar-refractivity contribution is 7.10. The molecule has 0 fully saturated rings. The van der Waals surface area contributed by atoms with Crippen LogP contribution in [0.15, 0.2) is 41.8 Å². The lowest BCUT2D eigenvalue weighted by atomic mass is 10.0. The number of amides is 2. The molecule has 0 bridgehead atoms. The van der Waals surface area contributed by atoms with E-state index in [9.17, 15) is 9.59 Å². The van der Waals surface area contributed by atoms with Crippen molar-refractivity contribution < 1.29 is 9.59 Å². The maximum absolute atomic E-state index is 12.5. The first-order valence-electron chi connectivity index (χ1n) is 7.56. The largest absolute Gasteiger partial charge is 0.349 e. The highest BCUT2D eigenvalue weighted by Gasteiger charge is 2.20. The van der Waals surface area contributed by atoms with Gasteiger partial charge in [0, 0.05) is 18.8 Å².